The van der Waals surface area contributed by atoms with Crippen LogP contribution in [0.15, 0.2) is 18.2 Å². The van der Waals surface area contributed by atoms with Crippen molar-refractivity contribution >= 4 is 29.1 Å². The monoisotopic (exact) mass is 368 g/mol. The van der Waals surface area contributed by atoms with Gasteiger partial charge in [0.2, 0.25) is 0 Å². The van der Waals surface area contributed by atoms with E-state index in [1.807, 2.05) is 11.5 Å². The molecule has 0 bridgehead atoms. The first-order valence-corrected chi connectivity index (χ1v) is 8.58. The highest BCUT2D eigenvalue weighted by molar-refractivity contribution is 6.43. The van der Waals surface area contributed by atoms with Crippen molar-refractivity contribution in [2.75, 3.05) is 0 Å². The summed E-state index contributed by atoms with van der Waals surface area (Å²) in [5.74, 6) is 1.45. The molecule has 3 rings (SSSR count). The van der Waals surface area contributed by atoms with Crippen LogP contribution in [0.5, 0.6) is 0 Å². The molecule has 128 valence electrons. The number of benzene rings is 1. The number of nitrogens with one attached hydrogen (secondary N) is 1. The van der Waals surface area contributed by atoms with Gasteiger partial charge in [-0.05, 0) is 31.9 Å². The van der Waals surface area contributed by atoms with E-state index in [1.54, 1.807) is 18.2 Å². The lowest BCUT2D eigenvalue weighted by Gasteiger charge is -2.35. The second kappa shape index (κ2) is 7.09. The summed E-state index contributed by atoms with van der Waals surface area (Å²) in [6.45, 7) is 2.58. The molecule has 0 spiro atoms. The van der Waals surface area contributed by atoms with Crippen LogP contribution in [0.1, 0.15) is 47.7 Å². The van der Waals surface area contributed by atoms with E-state index in [4.69, 9.17) is 23.2 Å². The third-order valence-corrected chi connectivity index (χ3v) is 5.17. The zero-order valence-electron chi connectivity index (χ0n) is 13.2. The molecule has 1 aromatic heterocycles. The van der Waals surface area contributed by atoms with E-state index in [-0.39, 0.29) is 29.5 Å². The number of hydrogen-bond acceptors (Lipinski definition) is 4. The summed E-state index contributed by atoms with van der Waals surface area (Å²) in [6.07, 6.45) is 1.57. The molecule has 0 atom stereocenters. The fourth-order valence-corrected chi connectivity index (χ4v) is 3.39. The van der Waals surface area contributed by atoms with E-state index in [0.717, 1.165) is 18.7 Å². The zero-order chi connectivity index (χ0) is 17.3. The van der Waals surface area contributed by atoms with Crippen molar-refractivity contribution in [3.8, 4) is 0 Å². The number of nitrogens with zero attached hydrogens (tertiary/aromatic N) is 3. The summed E-state index contributed by atoms with van der Waals surface area (Å²) in [7, 11) is 0. The summed E-state index contributed by atoms with van der Waals surface area (Å²) in [4.78, 5) is 12.3. The van der Waals surface area contributed by atoms with Gasteiger partial charge in [0.1, 0.15) is 12.4 Å². The number of aliphatic hydroxyl groups is 1. The summed E-state index contributed by atoms with van der Waals surface area (Å²) < 4.78 is 1.93. The van der Waals surface area contributed by atoms with Gasteiger partial charge in [0.05, 0.1) is 15.6 Å². The summed E-state index contributed by atoms with van der Waals surface area (Å²) in [5.41, 5.74) is 0.381. The maximum Gasteiger partial charge on any atom is 0.253 e. The molecule has 2 aromatic rings. The average Bonchev–Trinajstić information content (AvgIpc) is 2.95. The quantitative estimate of drug-likeness (QED) is 0.850. The molecule has 0 unspecified atom stereocenters. The first-order valence-electron chi connectivity index (χ1n) is 7.82. The summed E-state index contributed by atoms with van der Waals surface area (Å²) in [6, 6.07) is 5.07. The zero-order valence-corrected chi connectivity index (χ0v) is 14.7. The van der Waals surface area contributed by atoms with E-state index in [1.165, 1.54) is 0 Å². The number of aromatic nitrogens is 3. The Labute approximate surface area is 149 Å². The maximum absolute atomic E-state index is 12.3. The minimum Gasteiger partial charge on any atom is -0.388 e. The maximum atomic E-state index is 12.3. The van der Waals surface area contributed by atoms with E-state index >= 15 is 0 Å². The first-order chi connectivity index (χ1) is 11.5. The molecule has 24 heavy (non-hydrogen) atoms. The molecule has 2 N–H and O–H groups in total. The van der Waals surface area contributed by atoms with Crippen molar-refractivity contribution in [2.45, 2.75) is 44.9 Å². The van der Waals surface area contributed by atoms with Crippen LogP contribution >= 0.6 is 23.2 Å². The van der Waals surface area contributed by atoms with Crippen molar-refractivity contribution in [2.24, 2.45) is 0 Å². The molecule has 1 aliphatic carbocycles. The third-order valence-electron chi connectivity index (χ3n) is 4.35. The Morgan fingerprint density at radius 1 is 1.38 bits per heavy atom. The van der Waals surface area contributed by atoms with E-state index in [0.29, 0.717) is 23.0 Å². The molecule has 1 fully saturated rings. The summed E-state index contributed by atoms with van der Waals surface area (Å²) in [5, 5.41) is 21.1. The Morgan fingerprint density at radius 2 is 2.12 bits per heavy atom. The number of hydrogen-bond donors (Lipinski definition) is 2. The van der Waals surface area contributed by atoms with Gasteiger partial charge < -0.3 is 15.0 Å². The number of carbonyl (C=O) groups is 1. The Balaban J connectivity index is 1.62. The van der Waals surface area contributed by atoms with Crippen LogP contribution in [0.4, 0.5) is 0 Å². The molecule has 6 nitrogen and oxygen atoms in total. The molecule has 8 heteroatoms. The van der Waals surface area contributed by atoms with Crippen molar-refractivity contribution in [3.63, 3.8) is 0 Å². The highest BCUT2D eigenvalue weighted by Crippen LogP contribution is 2.36. The van der Waals surface area contributed by atoms with Gasteiger partial charge in [-0.25, -0.2) is 0 Å². The molecule has 0 aliphatic heterocycles. The Bertz CT molecular complexity index is 757. The van der Waals surface area contributed by atoms with Gasteiger partial charge in [0, 0.05) is 18.5 Å². The lowest BCUT2D eigenvalue weighted by Crippen LogP contribution is -2.44. The minimum absolute atomic E-state index is 0.0668. The Morgan fingerprint density at radius 3 is 2.79 bits per heavy atom. The molecular formula is C16H18Cl2N4O2. The second-order valence-electron chi connectivity index (χ2n) is 5.82. The normalized spacial score (nSPS) is 19.8. The fourth-order valence-electron chi connectivity index (χ4n) is 3.00. The van der Waals surface area contributed by atoms with Crippen LogP contribution in [0.25, 0.3) is 0 Å². The van der Waals surface area contributed by atoms with Crippen LogP contribution in [0, 0.1) is 0 Å². The fraction of sp³-hybridized carbons (Fsp3) is 0.438. The van der Waals surface area contributed by atoms with Crippen LogP contribution < -0.4 is 5.32 Å². The number of carbonyl (C=O) groups excluding carboxylic acids is 1. The van der Waals surface area contributed by atoms with Gasteiger partial charge in [-0.1, -0.05) is 29.3 Å². The SMILES string of the molecule is CCn1c(CO)nnc1C1CC(NC(=O)c2cccc(Cl)c2Cl)C1. The molecular weight excluding hydrogens is 351 g/mol. The molecule has 1 heterocycles. The van der Waals surface area contributed by atoms with Crippen molar-refractivity contribution < 1.29 is 9.90 Å². The van der Waals surface area contributed by atoms with Crippen molar-refractivity contribution in [1.82, 2.24) is 20.1 Å². The predicted octanol–water partition coefficient (Wildman–Crippen LogP) is 2.77. The molecule has 0 saturated heterocycles. The van der Waals surface area contributed by atoms with Crippen LogP contribution in [-0.4, -0.2) is 31.8 Å². The predicted molar refractivity (Wildman–Crippen MR) is 91.3 cm³/mol. The van der Waals surface area contributed by atoms with Crippen molar-refractivity contribution in [1.29, 1.82) is 0 Å². The Hall–Kier alpha value is -1.63. The second-order valence-corrected chi connectivity index (χ2v) is 6.60. The summed E-state index contributed by atoms with van der Waals surface area (Å²) >= 11 is 12.0. The smallest absolute Gasteiger partial charge is 0.253 e. The van der Waals surface area contributed by atoms with Gasteiger partial charge in [-0.3, -0.25) is 4.79 Å². The number of rotatable bonds is 5. The highest BCUT2D eigenvalue weighted by Gasteiger charge is 2.35. The number of aliphatic hydroxyl groups excluding tert-OH is 1. The topological polar surface area (TPSA) is 80.0 Å². The largest absolute Gasteiger partial charge is 0.388 e. The van der Waals surface area contributed by atoms with Gasteiger partial charge in [0.25, 0.3) is 5.91 Å². The van der Waals surface area contributed by atoms with E-state index < -0.39 is 0 Å². The molecule has 0 radical (unpaired) electrons. The molecule has 1 aliphatic rings. The highest BCUT2D eigenvalue weighted by atomic mass is 35.5. The third kappa shape index (κ3) is 3.14. The van der Waals surface area contributed by atoms with E-state index in [2.05, 4.69) is 15.5 Å². The standard InChI is InChI=1S/C16H18Cl2N4O2/c1-2-22-13(8-23)20-21-15(22)9-6-10(7-9)19-16(24)11-4-3-5-12(17)14(11)18/h3-5,9-10,23H,2,6-8H2,1H3,(H,19,24). The Kier molecular flexibility index (Phi) is 5.08. The molecule has 1 saturated carbocycles. The van der Waals surface area contributed by atoms with Gasteiger partial charge in [-0.15, -0.1) is 10.2 Å². The number of amides is 1. The average molecular weight is 369 g/mol. The van der Waals surface area contributed by atoms with E-state index in [9.17, 15) is 9.90 Å². The first kappa shape index (κ1) is 17.2. The van der Waals surface area contributed by atoms with Gasteiger partial charge >= 0.3 is 0 Å². The number of halogens is 2. The lowest BCUT2D eigenvalue weighted by molar-refractivity contribution is 0.0907. The van der Waals surface area contributed by atoms with Crippen molar-refractivity contribution in [3.05, 3.63) is 45.5 Å². The minimum atomic E-state index is -0.223. The van der Waals surface area contributed by atoms with Crippen LogP contribution in [-0.2, 0) is 13.2 Å². The van der Waals surface area contributed by atoms with Gasteiger partial charge in [-0.2, -0.15) is 0 Å². The van der Waals surface area contributed by atoms with Crippen LogP contribution in [0.2, 0.25) is 10.0 Å². The molecule has 1 aromatic carbocycles. The lowest BCUT2D eigenvalue weighted by atomic mass is 9.79. The van der Waals surface area contributed by atoms with Crippen LogP contribution in [0.3, 0.4) is 0 Å². The van der Waals surface area contributed by atoms with Gasteiger partial charge in [0.15, 0.2) is 5.82 Å². The molecule has 1 amide bonds.